The fraction of sp³-hybridized carbons (Fsp3) is 0.667. The molecule has 0 amide bonds. The van der Waals surface area contributed by atoms with Crippen LogP contribution < -0.4 is 5.32 Å². The molecule has 0 aromatic carbocycles. The molecule has 86 valence electrons. The van der Waals surface area contributed by atoms with E-state index in [4.69, 9.17) is 4.74 Å². The number of rotatable bonds is 7. The van der Waals surface area contributed by atoms with Crippen molar-refractivity contribution >= 4 is 11.3 Å². The number of methoxy groups -OCH3 is 1. The van der Waals surface area contributed by atoms with Crippen LogP contribution in [0.15, 0.2) is 17.5 Å². The van der Waals surface area contributed by atoms with E-state index in [-0.39, 0.29) is 0 Å². The van der Waals surface area contributed by atoms with Crippen LogP contribution in [0.2, 0.25) is 0 Å². The van der Waals surface area contributed by atoms with E-state index in [2.05, 4.69) is 36.7 Å². The standard InChI is InChI=1S/C12H21NOS/c1-4-11(9-14-3)13-8-10(2)12-6-5-7-15-12/h5-7,10-11,13H,4,8-9H2,1-3H3. The summed E-state index contributed by atoms with van der Waals surface area (Å²) >= 11 is 1.83. The second-order valence-corrected chi connectivity index (χ2v) is 4.86. The second kappa shape index (κ2) is 6.99. The first-order chi connectivity index (χ1) is 7.27. The highest BCUT2D eigenvalue weighted by Crippen LogP contribution is 2.19. The molecule has 3 heteroatoms. The zero-order valence-corrected chi connectivity index (χ0v) is 10.6. The molecular weight excluding hydrogens is 206 g/mol. The van der Waals surface area contributed by atoms with Gasteiger partial charge >= 0.3 is 0 Å². The van der Waals surface area contributed by atoms with E-state index in [1.165, 1.54) is 4.88 Å². The summed E-state index contributed by atoms with van der Waals surface area (Å²) in [7, 11) is 1.76. The molecule has 0 aliphatic heterocycles. The van der Waals surface area contributed by atoms with Crippen molar-refractivity contribution in [1.29, 1.82) is 0 Å². The van der Waals surface area contributed by atoms with Gasteiger partial charge in [0.25, 0.3) is 0 Å². The maximum absolute atomic E-state index is 5.16. The molecule has 2 unspecified atom stereocenters. The SMILES string of the molecule is CCC(COC)NCC(C)c1cccs1. The lowest BCUT2D eigenvalue weighted by Crippen LogP contribution is -2.34. The molecule has 0 saturated carbocycles. The maximum Gasteiger partial charge on any atom is 0.0615 e. The van der Waals surface area contributed by atoms with Crippen LogP contribution in [0.1, 0.15) is 31.1 Å². The van der Waals surface area contributed by atoms with E-state index in [1.807, 2.05) is 11.3 Å². The Kier molecular flexibility index (Phi) is 5.91. The number of hydrogen-bond acceptors (Lipinski definition) is 3. The quantitative estimate of drug-likeness (QED) is 0.773. The minimum atomic E-state index is 0.484. The summed E-state index contributed by atoms with van der Waals surface area (Å²) in [4.78, 5) is 1.45. The lowest BCUT2D eigenvalue weighted by Gasteiger charge is -2.18. The van der Waals surface area contributed by atoms with Gasteiger partial charge in [-0.05, 0) is 17.9 Å². The smallest absolute Gasteiger partial charge is 0.0615 e. The Hall–Kier alpha value is -0.380. The highest BCUT2D eigenvalue weighted by Gasteiger charge is 2.09. The van der Waals surface area contributed by atoms with E-state index in [9.17, 15) is 0 Å². The molecule has 0 saturated heterocycles. The Bertz CT molecular complexity index is 248. The van der Waals surface area contributed by atoms with Crippen molar-refractivity contribution in [2.24, 2.45) is 0 Å². The summed E-state index contributed by atoms with van der Waals surface area (Å²) in [5.41, 5.74) is 0. The molecule has 15 heavy (non-hydrogen) atoms. The summed E-state index contributed by atoms with van der Waals surface area (Å²) in [6.07, 6.45) is 1.12. The Balaban J connectivity index is 2.29. The van der Waals surface area contributed by atoms with Gasteiger partial charge in [-0.25, -0.2) is 0 Å². The third kappa shape index (κ3) is 4.33. The zero-order chi connectivity index (χ0) is 11.1. The van der Waals surface area contributed by atoms with Crippen LogP contribution in [0, 0.1) is 0 Å². The molecule has 0 spiro atoms. The monoisotopic (exact) mass is 227 g/mol. The van der Waals surface area contributed by atoms with Crippen molar-refractivity contribution in [3.8, 4) is 0 Å². The van der Waals surface area contributed by atoms with Crippen molar-refractivity contribution in [3.63, 3.8) is 0 Å². The molecule has 1 aromatic rings. The maximum atomic E-state index is 5.16. The van der Waals surface area contributed by atoms with Crippen molar-refractivity contribution in [1.82, 2.24) is 5.32 Å². The minimum Gasteiger partial charge on any atom is -0.383 e. The van der Waals surface area contributed by atoms with E-state index >= 15 is 0 Å². The first-order valence-electron chi connectivity index (χ1n) is 5.53. The normalized spacial score (nSPS) is 15.1. The van der Waals surface area contributed by atoms with Gasteiger partial charge in [0.2, 0.25) is 0 Å². The van der Waals surface area contributed by atoms with E-state index in [0.29, 0.717) is 12.0 Å². The number of thiophene rings is 1. The first kappa shape index (κ1) is 12.7. The minimum absolute atomic E-state index is 0.484. The largest absolute Gasteiger partial charge is 0.383 e. The lowest BCUT2D eigenvalue weighted by atomic mass is 10.1. The van der Waals surface area contributed by atoms with Gasteiger partial charge in [0, 0.05) is 30.5 Å². The predicted molar refractivity (Wildman–Crippen MR) is 66.7 cm³/mol. The fourth-order valence-electron chi connectivity index (χ4n) is 1.54. The van der Waals surface area contributed by atoms with Crippen LogP contribution in [-0.4, -0.2) is 26.3 Å². The van der Waals surface area contributed by atoms with Gasteiger partial charge in [0.15, 0.2) is 0 Å². The molecule has 2 atom stereocenters. The second-order valence-electron chi connectivity index (χ2n) is 3.89. The topological polar surface area (TPSA) is 21.3 Å². The zero-order valence-electron chi connectivity index (χ0n) is 9.82. The molecule has 0 fully saturated rings. The Morgan fingerprint density at radius 3 is 2.87 bits per heavy atom. The third-order valence-electron chi connectivity index (χ3n) is 2.60. The first-order valence-corrected chi connectivity index (χ1v) is 6.41. The fourth-order valence-corrected chi connectivity index (χ4v) is 2.33. The average molecular weight is 227 g/mol. The molecule has 0 radical (unpaired) electrons. The van der Waals surface area contributed by atoms with Crippen LogP contribution in [0.4, 0.5) is 0 Å². The van der Waals surface area contributed by atoms with Crippen molar-refractivity contribution in [3.05, 3.63) is 22.4 Å². The summed E-state index contributed by atoms with van der Waals surface area (Å²) in [6, 6.07) is 4.80. The summed E-state index contributed by atoms with van der Waals surface area (Å²) < 4.78 is 5.16. The molecule has 0 aliphatic rings. The number of hydrogen-bond donors (Lipinski definition) is 1. The summed E-state index contributed by atoms with van der Waals surface area (Å²) in [6.45, 7) is 6.28. The summed E-state index contributed by atoms with van der Waals surface area (Å²) in [5.74, 6) is 0.593. The Morgan fingerprint density at radius 1 is 1.53 bits per heavy atom. The summed E-state index contributed by atoms with van der Waals surface area (Å²) in [5, 5.41) is 5.68. The Labute approximate surface area is 96.7 Å². The van der Waals surface area contributed by atoms with Crippen LogP contribution in [0.25, 0.3) is 0 Å². The van der Waals surface area contributed by atoms with Gasteiger partial charge in [-0.2, -0.15) is 0 Å². The molecule has 1 rings (SSSR count). The predicted octanol–water partition coefficient (Wildman–Crippen LogP) is 2.87. The highest BCUT2D eigenvalue weighted by molar-refractivity contribution is 7.10. The van der Waals surface area contributed by atoms with Crippen LogP contribution in [-0.2, 0) is 4.74 Å². The molecule has 1 aromatic heterocycles. The molecular formula is C12H21NOS. The van der Waals surface area contributed by atoms with Gasteiger partial charge in [-0.3, -0.25) is 0 Å². The third-order valence-corrected chi connectivity index (χ3v) is 3.71. The molecule has 0 bridgehead atoms. The van der Waals surface area contributed by atoms with E-state index in [1.54, 1.807) is 7.11 Å². The van der Waals surface area contributed by atoms with Gasteiger partial charge in [-0.15, -0.1) is 11.3 Å². The lowest BCUT2D eigenvalue weighted by molar-refractivity contribution is 0.164. The van der Waals surface area contributed by atoms with Crippen LogP contribution in [0.3, 0.4) is 0 Å². The highest BCUT2D eigenvalue weighted by atomic mass is 32.1. The van der Waals surface area contributed by atoms with E-state index < -0.39 is 0 Å². The van der Waals surface area contributed by atoms with Crippen molar-refractivity contribution in [2.45, 2.75) is 32.2 Å². The molecule has 1 heterocycles. The van der Waals surface area contributed by atoms with Crippen LogP contribution >= 0.6 is 11.3 Å². The molecule has 1 N–H and O–H groups in total. The van der Waals surface area contributed by atoms with Gasteiger partial charge in [-0.1, -0.05) is 19.9 Å². The molecule has 0 aliphatic carbocycles. The number of nitrogens with one attached hydrogen (secondary N) is 1. The Morgan fingerprint density at radius 2 is 2.33 bits per heavy atom. The van der Waals surface area contributed by atoms with Gasteiger partial charge in [0.05, 0.1) is 6.61 Å². The van der Waals surface area contributed by atoms with E-state index in [0.717, 1.165) is 19.6 Å². The van der Waals surface area contributed by atoms with Gasteiger partial charge < -0.3 is 10.1 Å². The average Bonchev–Trinajstić information content (AvgIpc) is 2.77. The van der Waals surface area contributed by atoms with Crippen LogP contribution in [0.5, 0.6) is 0 Å². The van der Waals surface area contributed by atoms with Crippen molar-refractivity contribution < 1.29 is 4.74 Å². The van der Waals surface area contributed by atoms with Gasteiger partial charge in [0.1, 0.15) is 0 Å². The number of ether oxygens (including phenoxy) is 1. The van der Waals surface area contributed by atoms with Crippen molar-refractivity contribution in [2.75, 3.05) is 20.3 Å². The molecule has 2 nitrogen and oxygen atoms in total.